The number of likely N-dealkylation sites (tertiary alicyclic amines) is 1. The number of para-hydroxylation sites is 1. The minimum atomic E-state index is -3.38. The predicted molar refractivity (Wildman–Crippen MR) is 155 cm³/mol. The lowest BCUT2D eigenvalue weighted by Crippen LogP contribution is -2.42. The third kappa shape index (κ3) is 7.92. The smallest absolute Gasteiger partial charge is 0.326 e. The lowest BCUT2D eigenvalue weighted by molar-refractivity contribution is -0.139. The Morgan fingerprint density at radius 2 is 1.77 bits per heavy atom. The molecule has 2 atom stereocenters. The number of hydrogen-bond donors (Lipinski definition) is 2. The van der Waals surface area contributed by atoms with Gasteiger partial charge in [-0.05, 0) is 79.3 Å². The summed E-state index contributed by atoms with van der Waals surface area (Å²) in [7, 11) is -3.38. The number of carboxylic acids is 1. The maximum Gasteiger partial charge on any atom is 0.326 e. The Morgan fingerprint density at radius 1 is 1.05 bits per heavy atom. The van der Waals surface area contributed by atoms with Crippen molar-refractivity contribution in [3.63, 3.8) is 0 Å². The van der Waals surface area contributed by atoms with E-state index < -0.39 is 27.8 Å². The second kappa shape index (κ2) is 13.1. The van der Waals surface area contributed by atoms with Gasteiger partial charge in [-0.15, -0.1) is 0 Å². The molecule has 40 heavy (non-hydrogen) atoms. The second-order valence-electron chi connectivity index (χ2n) is 10.4. The van der Waals surface area contributed by atoms with Crippen LogP contribution in [-0.4, -0.2) is 67.5 Å². The fraction of sp³-hybridized carbons (Fsp3) is 0.355. The van der Waals surface area contributed by atoms with Crippen molar-refractivity contribution in [2.75, 3.05) is 25.2 Å². The molecule has 1 amide bonds. The number of hydrogen-bond acceptors (Lipinski definition) is 6. The van der Waals surface area contributed by atoms with Crippen LogP contribution >= 0.6 is 0 Å². The molecule has 0 bridgehead atoms. The number of aryl methyl sites for hydroxylation is 1. The minimum absolute atomic E-state index is 0.209. The predicted octanol–water partition coefficient (Wildman–Crippen LogP) is 4.32. The molecule has 0 radical (unpaired) electrons. The van der Waals surface area contributed by atoms with E-state index in [4.69, 9.17) is 4.74 Å². The summed E-state index contributed by atoms with van der Waals surface area (Å²) in [6, 6.07) is 22.1. The zero-order valence-corrected chi connectivity index (χ0v) is 23.7. The van der Waals surface area contributed by atoms with E-state index in [0.29, 0.717) is 24.3 Å². The Labute approximate surface area is 235 Å². The van der Waals surface area contributed by atoms with Crippen LogP contribution in [0.5, 0.6) is 5.75 Å². The monoisotopic (exact) mass is 564 g/mol. The molecule has 0 aliphatic carbocycles. The van der Waals surface area contributed by atoms with Crippen LogP contribution in [0, 0.1) is 6.92 Å². The Morgan fingerprint density at radius 3 is 2.48 bits per heavy atom. The summed E-state index contributed by atoms with van der Waals surface area (Å²) in [6.07, 6.45) is 2.96. The Hall–Kier alpha value is -3.69. The van der Waals surface area contributed by atoms with Gasteiger partial charge in [0.1, 0.15) is 28.2 Å². The summed E-state index contributed by atoms with van der Waals surface area (Å²) in [5.41, 5.74) is 3.94. The highest BCUT2D eigenvalue weighted by molar-refractivity contribution is 7.90. The molecule has 1 saturated heterocycles. The standard InChI is InChI=1S/C31H36N2O6S/c1-22-9-6-7-13-26(22)28-19-23(20-33-17-8-10-24(33)21-39-25-11-4-3-5-12-25)14-15-27(28)30(34)32-29(31(35)36)16-18-40(2,37)38/h3-7,9,11-15,19,24,29H,8,10,16-18,20-21H2,1-2H3,(H,32,34)(H,35,36). The number of benzene rings is 3. The van der Waals surface area contributed by atoms with Crippen molar-refractivity contribution in [2.24, 2.45) is 0 Å². The highest BCUT2D eigenvalue weighted by Crippen LogP contribution is 2.30. The number of carboxylic acid groups (broad SMARTS) is 1. The summed E-state index contributed by atoms with van der Waals surface area (Å²) < 4.78 is 29.2. The number of rotatable bonds is 12. The summed E-state index contributed by atoms with van der Waals surface area (Å²) >= 11 is 0. The van der Waals surface area contributed by atoms with Crippen LogP contribution in [0.25, 0.3) is 11.1 Å². The average Bonchev–Trinajstić information content (AvgIpc) is 3.36. The van der Waals surface area contributed by atoms with Gasteiger partial charge < -0.3 is 15.2 Å². The minimum Gasteiger partial charge on any atom is -0.492 e. The molecule has 1 aliphatic heterocycles. The fourth-order valence-corrected chi connectivity index (χ4v) is 5.71. The molecule has 0 spiro atoms. The van der Waals surface area contributed by atoms with Crippen molar-refractivity contribution in [3.8, 4) is 16.9 Å². The van der Waals surface area contributed by atoms with E-state index in [1.54, 1.807) is 6.07 Å². The first kappa shape index (κ1) is 29.3. The van der Waals surface area contributed by atoms with Gasteiger partial charge in [-0.3, -0.25) is 9.69 Å². The molecule has 1 fully saturated rings. The summed E-state index contributed by atoms with van der Waals surface area (Å²) in [5.74, 6) is -1.31. The molecule has 0 aromatic heterocycles. The normalized spacial score (nSPS) is 16.4. The van der Waals surface area contributed by atoms with Gasteiger partial charge in [0, 0.05) is 24.4 Å². The first-order valence-corrected chi connectivity index (χ1v) is 15.5. The topological polar surface area (TPSA) is 113 Å². The van der Waals surface area contributed by atoms with Crippen molar-refractivity contribution in [1.82, 2.24) is 10.2 Å². The van der Waals surface area contributed by atoms with E-state index in [1.807, 2.05) is 73.7 Å². The van der Waals surface area contributed by atoms with E-state index in [2.05, 4.69) is 10.2 Å². The first-order valence-electron chi connectivity index (χ1n) is 13.4. The van der Waals surface area contributed by atoms with E-state index in [1.165, 1.54) is 0 Å². The zero-order valence-electron chi connectivity index (χ0n) is 22.9. The number of nitrogens with zero attached hydrogens (tertiary/aromatic N) is 1. The molecule has 1 heterocycles. The molecule has 2 N–H and O–H groups in total. The quantitative estimate of drug-likeness (QED) is 0.337. The van der Waals surface area contributed by atoms with Crippen molar-refractivity contribution in [2.45, 2.75) is 44.8 Å². The number of sulfone groups is 1. The van der Waals surface area contributed by atoms with Crippen molar-refractivity contribution in [1.29, 1.82) is 0 Å². The second-order valence-corrected chi connectivity index (χ2v) is 12.6. The van der Waals surface area contributed by atoms with Crippen LogP contribution in [-0.2, 0) is 21.2 Å². The van der Waals surface area contributed by atoms with E-state index in [-0.39, 0.29) is 18.2 Å². The SMILES string of the molecule is Cc1ccccc1-c1cc(CN2CCCC2COc2ccccc2)ccc1C(=O)NC(CCS(C)(=O)=O)C(=O)O. The van der Waals surface area contributed by atoms with E-state index in [0.717, 1.165) is 48.1 Å². The number of nitrogens with one attached hydrogen (secondary N) is 1. The number of carbonyl (C=O) groups is 2. The van der Waals surface area contributed by atoms with E-state index in [9.17, 15) is 23.1 Å². The van der Waals surface area contributed by atoms with Crippen LogP contribution in [0.1, 0.15) is 40.7 Å². The fourth-order valence-electron chi connectivity index (χ4n) is 5.05. The highest BCUT2D eigenvalue weighted by Gasteiger charge is 2.27. The summed E-state index contributed by atoms with van der Waals surface area (Å²) in [6.45, 7) is 4.20. The molecular formula is C31H36N2O6S. The van der Waals surface area contributed by atoms with E-state index >= 15 is 0 Å². The molecule has 3 aromatic rings. The van der Waals surface area contributed by atoms with Gasteiger partial charge in [0.25, 0.3) is 5.91 Å². The Balaban J connectivity index is 1.56. The van der Waals surface area contributed by atoms with Gasteiger partial charge in [-0.1, -0.05) is 48.5 Å². The molecule has 2 unspecified atom stereocenters. The summed E-state index contributed by atoms with van der Waals surface area (Å²) in [4.78, 5) is 27.5. The molecule has 3 aromatic carbocycles. The number of amides is 1. The van der Waals surface area contributed by atoms with Crippen LogP contribution in [0.4, 0.5) is 0 Å². The van der Waals surface area contributed by atoms with Crippen LogP contribution in [0.15, 0.2) is 72.8 Å². The third-order valence-corrected chi connectivity index (χ3v) is 8.19. The van der Waals surface area contributed by atoms with Crippen LogP contribution in [0.2, 0.25) is 0 Å². The lowest BCUT2D eigenvalue weighted by atomic mass is 9.93. The average molecular weight is 565 g/mol. The van der Waals surface area contributed by atoms with Gasteiger partial charge in [0.15, 0.2) is 0 Å². The molecule has 8 nitrogen and oxygen atoms in total. The van der Waals surface area contributed by atoms with Gasteiger partial charge in [0.05, 0.1) is 5.75 Å². The zero-order chi connectivity index (χ0) is 28.7. The van der Waals surface area contributed by atoms with Gasteiger partial charge in [0.2, 0.25) is 0 Å². The van der Waals surface area contributed by atoms with Crippen LogP contribution < -0.4 is 10.1 Å². The lowest BCUT2D eigenvalue weighted by Gasteiger charge is -2.25. The molecule has 1 aliphatic rings. The highest BCUT2D eigenvalue weighted by atomic mass is 32.2. The molecule has 4 rings (SSSR count). The Bertz CT molecular complexity index is 1440. The molecule has 9 heteroatoms. The van der Waals surface area contributed by atoms with Gasteiger partial charge in [-0.2, -0.15) is 0 Å². The maximum atomic E-state index is 13.4. The Kier molecular flexibility index (Phi) is 9.60. The molecule has 212 valence electrons. The summed E-state index contributed by atoms with van der Waals surface area (Å²) in [5, 5.41) is 12.2. The van der Waals surface area contributed by atoms with Crippen molar-refractivity contribution < 1.29 is 27.9 Å². The number of ether oxygens (including phenoxy) is 1. The number of carbonyl (C=O) groups excluding carboxylic acids is 1. The first-order chi connectivity index (χ1) is 19.1. The molecular weight excluding hydrogens is 528 g/mol. The van der Waals surface area contributed by atoms with Gasteiger partial charge in [-0.25, -0.2) is 13.2 Å². The maximum absolute atomic E-state index is 13.4. The van der Waals surface area contributed by atoms with Crippen molar-refractivity contribution in [3.05, 3.63) is 89.5 Å². The molecule has 0 saturated carbocycles. The third-order valence-electron chi connectivity index (χ3n) is 7.21. The van der Waals surface area contributed by atoms with Gasteiger partial charge >= 0.3 is 5.97 Å². The van der Waals surface area contributed by atoms with Crippen molar-refractivity contribution >= 4 is 21.7 Å². The van der Waals surface area contributed by atoms with Crippen LogP contribution in [0.3, 0.4) is 0 Å². The number of aliphatic carboxylic acids is 1. The largest absolute Gasteiger partial charge is 0.492 e.